The van der Waals surface area contributed by atoms with E-state index in [-0.39, 0.29) is 5.76 Å². The monoisotopic (exact) mass is 171 g/mol. The molecular weight excluding hydrogens is 162 g/mol. The molecule has 0 aromatic carbocycles. The van der Waals surface area contributed by atoms with Crippen LogP contribution in [-0.2, 0) is 4.79 Å². The average molecular weight is 171 g/mol. The van der Waals surface area contributed by atoms with Crippen LogP contribution in [0.15, 0.2) is 22.8 Å². The second kappa shape index (κ2) is 3.38. The molecule has 0 aliphatic carbocycles. The molecule has 5 heteroatoms. The largest absolute Gasteiger partial charge is 0.480 e. The summed E-state index contributed by atoms with van der Waals surface area (Å²) in [4.78, 5) is 10.3. The van der Waals surface area contributed by atoms with E-state index in [9.17, 15) is 9.90 Å². The molecule has 0 aliphatic heterocycles. The number of carboxylic acid groups (broad SMARTS) is 1. The average Bonchev–Trinajstić information content (AvgIpc) is 2.53. The first-order valence-electron chi connectivity index (χ1n) is 3.33. The van der Waals surface area contributed by atoms with Crippen molar-refractivity contribution in [2.45, 2.75) is 12.1 Å². The Morgan fingerprint density at radius 1 is 1.67 bits per heavy atom. The van der Waals surface area contributed by atoms with E-state index in [2.05, 4.69) is 0 Å². The Balaban J connectivity index is 2.71. The fourth-order valence-corrected chi connectivity index (χ4v) is 0.772. The molecule has 0 radical (unpaired) electrons. The highest BCUT2D eigenvalue weighted by molar-refractivity contribution is 5.74. The topological polar surface area (TPSA) is 96.7 Å². The Morgan fingerprint density at radius 2 is 2.33 bits per heavy atom. The molecule has 1 aromatic rings. The third-order valence-corrected chi connectivity index (χ3v) is 1.46. The van der Waals surface area contributed by atoms with Gasteiger partial charge in [0.25, 0.3) is 0 Å². The van der Waals surface area contributed by atoms with Crippen LogP contribution in [0.2, 0.25) is 0 Å². The Morgan fingerprint density at radius 3 is 2.75 bits per heavy atom. The van der Waals surface area contributed by atoms with E-state index >= 15 is 0 Å². The minimum Gasteiger partial charge on any atom is -0.480 e. The van der Waals surface area contributed by atoms with E-state index in [0.29, 0.717) is 0 Å². The van der Waals surface area contributed by atoms with Crippen LogP contribution in [0.3, 0.4) is 0 Å². The normalized spacial score (nSPS) is 15.5. The number of hydrogen-bond donors (Lipinski definition) is 3. The van der Waals surface area contributed by atoms with Crippen LogP contribution in [0.4, 0.5) is 0 Å². The molecule has 0 bridgehead atoms. The van der Waals surface area contributed by atoms with Gasteiger partial charge in [0.2, 0.25) is 0 Å². The molecule has 1 heterocycles. The summed E-state index contributed by atoms with van der Waals surface area (Å²) in [7, 11) is 0. The zero-order valence-electron chi connectivity index (χ0n) is 6.18. The molecule has 1 aromatic heterocycles. The number of carboxylic acids is 1. The Bertz CT molecular complexity index is 256. The molecule has 0 spiro atoms. The van der Waals surface area contributed by atoms with E-state index in [4.69, 9.17) is 15.3 Å². The summed E-state index contributed by atoms with van der Waals surface area (Å²) < 4.78 is 4.77. The van der Waals surface area contributed by atoms with Crippen molar-refractivity contribution >= 4 is 5.97 Å². The second-order valence-corrected chi connectivity index (χ2v) is 2.32. The van der Waals surface area contributed by atoms with Gasteiger partial charge in [-0.1, -0.05) is 0 Å². The molecule has 5 nitrogen and oxygen atoms in total. The maximum atomic E-state index is 10.3. The zero-order chi connectivity index (χ0) is 9.14. The number of hydrogen-bond acceptors (Lipinski definition) is 4. The highest BCUT2D eigenvalue weighted by Crippen LogP contribution is 2.15. The predicted octanol–water partition coefficient (Wildman–Crippen LogP) is -0.275. The maximum Gasteiger partial charge on any atom is 0.323 e. The molecule has 0 amide bonds. The van der Waals surface area contributed by atoms with Crippen molar-refractivity contribution in [2.75, 3.05) is 0 Å². The van der Waals surface area contributed by atoms with Crippen molar-refractivity contribution in [2.24, 2.45) is 5.73 Å². The van der Waals surface area contributed by atoms with Crippen LogP contribution >= 0.6 is 0 Å². The smallest absolute Gasteiger partial charge is 0.323 e. The van der Waals surface area contributed by atoms with Gasteiger partial charge in [-0.15, -0.1) is 0 Å². The number of furan rings is 1. The Hall–Kier alpha value is -1.33. The summed E-state index contributed by atoms with van der Waals surface area (Å²) in [5.41, 5.74) is 5.14. The van der Waals surface area contributed by atoms with Crippen molar-refractivity contribution < 1.29 is 19.4 Å². The number of aliphatic hydroxyl groups is 1. The van der Waals surface area contributed by atoms with Gasteiger partial charge in [-0.05, 0) is 12.1 Å². The van der Waals surface area contributed by atoms with Crippen LogP contribution in [-0.4, -0.2) is 22.2 Å². The summed E-state index contributed by atoms with van der Waals surface area (Å²) >= 11 is 0. The van der Waals surface area contributed by atoms with Gasteiger partial charge in [0.1, 0.15) is 17.9 Å². The molecule has 1 rings (SSSR count). The molecule has 0 aliphatic rings. The third kappa shape index (κ3) is 1.63. The molecule has 2 atom stereocenters. The standard InChI is InChI=1S/C7H9NO4/c8-5(7(10)11)6(9)4-2-1-3-12-4/h1-3,5-6,9H,8H2,(H,10,11)/t5-,6?/m0/s1. The Labute approximate surface area is 68.4 Å². The van der Waals surface area contributed by atoms with Gasteiger partial charge in [-0.3, -0.25) is 4.79 Å². The first kappa shape index (κ1) is 8.76. The van der Waals surface area contributed by atoms with Crippen molar-refractivity contribution in [1.82, 2.24) is 0 Å². The Kier molecular flexibility index (Phi) is 2.47. The van der Waals surface area contributed by atoms with Crippen molar-refractivity contribution in [3.8, 4) is 0 Å². The maximum absolute atomic E-state index is 10.3. The van der Waals surface area contributed by atoms with E-state index in [1.807, 2.05) is 0 Å². The molecule has 1 unspecified atom stereocenters. The lowest BCUT2D eigenvalue weighted by Gasteiger charge is -2.11. The van der Waals surface area contributed by atoms with Gasteiger partial charge in [0, 0.05) is 0 Å². The van der Waals surface area contributed by atoms with Gasteiger partial charge in [0.15, 0.2) is 0 Å². The summed E-state index contributed by atoms with van der Waals surface area (Å²) in [5, 5.41) is 17.7. The molecule has 66 valence electrons. The van der Waals surface area contributed by atoms with Crippen molar-refractivity contribution in [3.63, 3.8) is 0 Å². The summed E-state index contributed by atoms with van der Waals surface area (Å²) in [6, 6.07) is 1.66. The van der Waals surface area contributed by atoms with Crippen LogP contribution in [0, 0.1) is 0 Å². The highest BCUT2D eigenvalue weighted by atomic mass is 16.4. The number of carbonyl (C=O) groups is 1. The number of aliphatic hydroxyl groups excluding tert-OH is 1. The van der Waals surface area contributed by atoms with Crippen LogP contribution in [0.25, 0.3) is 0 Å². The first-order chi connectivity index (χ1) is 5.63. The molecule has 0 saturated carbocycles. The van der Waals surface area contributed by atoms with E-state index < -0.39 is 18.1 Å². The molecule has 0 fully saturated rings. The molecular formula is C7H9NO4. The number of nitrogens with two attached hydrogens (primary N) is 1. The van der Waals surface area contributed by atoms with E-state index in [1.165, 1.54) is 12.3 Å². The minimum absolute atomic E-state index is 0.157. The fourth-order valence-electron chi connectivity index (χ4n) is 0.772. The lowest BCUT2D eigenvalue weighted by atomic mass is 10.1. The van der Waals surface area contributed by atoms with Gasteiger partial charge in [-0.2, -0.15) is 0 Å². The number of rotatable bonds is 3. The molecule has 12 heavy (non-hydrogen) atoms. The first-order valence-corrected chi connectivity index (χ1v) is 3.33. The van der Waals surface area contributed by atoms with Gasteiger partial charge in [0.05, 0.1) is 6.26 Å². The quantitative estimate of drug-likeness (QED) is 0.581. The van der Waals surface area contributed by atoms with Crippen LogP contribution in [0.5, 0.6) is 0 Å². The van der Waals surface area contributed by atoms with Crippen molar-refractivity contribution in [1.29, 1.82) is 0 Å². The van der Waals surface area contributed by atoms with Crippen LogP contribution < -0.4 is 5.73 Å². The van der Waals surface area contributed by atoms with Gasteiger partial charge < -0.3 is 20.4 Å². The summed E-state index contributed by atoms with van der Waals surface area (Å²) in [5.74, 6) is -1.11. The SMILES string of the molecule is N[C@H](C(=O)O)C(O)c1ccco1. The molecule has 4 N–H and O–H groups in total. The predicted molar refractivity (Wildman–Crippen MR) is 39.3 cm³/mol. The fraction of sp³-hybridized carbons (Fsp3) is 0.286. The van der Waals surface area contributed by atoms with Crippen LogP contribution in [0.1, 0.15) is 11.9 Å². The second-order valence-electron chi connectivity index (χ2n) is 2.32. The zero-order valence-corrected chi connectivity index (χ0v) is 6.18. The minimum atomic E-state index is -1.35. The third-order valence-electron chi connectivity index (χ3n) is 1.46. The van der Waals surface area contributed by atoms with E-state index in [0.717, 1.165) is 0 Å². The molecule has 0 saturated heterocycles. The summed E-state index contributed by atoms with van der Waals surface area (Å²) in [6.45, 7) is 0. The van der Waals surface area contributed by atoms with Gasteiger partial charge >= 0.3 is 5.97 Å². The lowest BCUT2D eigenvalue weighted by molar-refractivity contribution is -0.141. The lowest BCUT2D eigenvalue weighted by Crippen LogP contribution is -2.36. The highest BCUT2D eigenvalue weighted by Gasteiger charge is 2.25. The summed E-state index contributed by atoms with van der Waals surface area (Å²) in [6.07, 6.45) is 0.0464. The van der Waals surface area contributed by atoms with Gasteiger partial charge in [-0.25, -0.2) is 0 Å². The van der Waals surface area contributed by atoms with E-state index in [1.54, 1.807) is 6.07 Å². The number of aliphatic carboxylic acids is 1. The van der Waals surface area contributed by atoms with Crippen molar-refractivity contribution in [3.05, 3.63) is 24.2 Å².